The van der Waals surface area contributed by atoms with Crippen molar-refractivity contribution in [2.75, 3.05) is 13.2 Å². The lowest BCUT2D eigenvalue weighted by Gasteiger charge is -2.28. The number of hydrogen-bond acceptors (Lipinski definition) is 2. The standard InChI is InChI=1S/C6H9F5O2/c1-2-13-3-5(12,4(7)8)6(9,10)11/h4,12H,2-3H2,1H3. The van der Waals surface area contributed by atoms with Gasteiger partial charge in [0.05, 0.1) is 6.61 Å². The van der Waals surface area contributed by atoms with Crippen LogP contribution < -0.4 is 0 Å². The normalized spacial score (nSPS) is 17.5. The van der Waals surface area contributed by atoms with Crippen LogP contribution in [0.5, 0.6) is 0 Å². The average Bonchev–Trinajstić information content (AvgIpc) is 1.97. The van der Waals surface area contributed by atoms with Crippen molar-refractivity contribution in [2.24, 2.45) is 0 Å². The molecule has 0 aliphatic heterocycles. The largest absolute Gasteiger partial charge is 0.425 e. The Labute approximate surface area is 71.3 Å². The number of aliphatic hydroxyl groups is 1. The average molecular weight is 208 g/mol. The fourth-order valence-corrected chi connectivity index (χ4v) is 0.526. The number of ether oxygens (including phenoxy) is 1. The first-order valence-corrected chi connectivity index (χ1v) is 3.40. The zero-order chi connectivity index (χ0) is 10.7. The lowest BCUT2D eigenvalue weighted by molar-refractivity contribution is -0.311. The lowest BCUT2D eigenvalue weighted by Crippen LogP contribution is -2.54. The molecule has 1 atom stereocenters. The van der Waals surface area contributed by atoms with Crippen LogP contribution in [0.15, 0.2) is 0 Å². The Morgan fingerprint density at radius 2 is 1.77 bits per heavy atom. The summed E-state index contributed by atoms with van der Waals surface area (Å²) in [7, 11) is 0. The highest BCUT2D eigenvalue weighted by molar-refractivity contribution is 4.89. The van der Waals surface area contributed by atoms with Crippen molar-refractivity contribution in [3.63, 3.8) is 0 Å². The molecule has 0 radical (unpaired) electrons. The van der Waals surface area contributed by atoms with Gasteiger partial charge in [-0.1, -0.05) is 0 Å². The molecule has 0 aromatic carbocycles. The van der Waals surface area contributed by atoms with Crippen molar-refractivity contribution in [1.82, 2.24) is 0 Å². The topological polar surface area (TPSA) is 29.5 Å². The van der Waals surface area contributed by atoms with Crippen molar-refractivity contribution >= 4 is 0 Å². The summed E-state index contributed by atoms with van der Waals surface area (Å²) in [5.74, 6) is 0. The van der Waals surface area contributed by atoms with E-state index in [1.807, 2.05) is 0 Å². The summed E-state index contributed by atoms with van der Waals surface area (Å²) in [4.78, 5) is 0. The van der Waals surface area contributed by atoms with Gasteiger partial charge >= 0.3 is 6.18 Å². The molecule has 0 saturated heterocycles. The monoisotopic (exact) mass is 208 g/mol. The fourth-order valence-electron chi connectivity index (χ4n) is 0.526. The third-order valence-corrected chi connectivity index (χ3v) is 1.38. The summed E-state index contributed by atoms with van der Waals surface area (Å²) >= 11 is 0. The molecule has 0 spiro atoms. The molecule has 0 bridgehead atoms. The Morgan fingerprint density at radius 3 is 2.00 bits per heavy atom. The zero-order valence-electron chi connectivity index (χ0n) is 6.74. The smallest absolute Gasteiger partial charge is 0.378 e. The predicted molar refractivity (Wildman–Crippen MR) is 33.5 cm³/mol. The van der Waals surface area contributed by atoms with E-state index in [2.05, 4.69) is 4.74 Å². The van der Waals surface area contributed by atoms with Gasteiger partial charge in [-0.05, 0) is 6.92 Å². The van der Waals surface area contributed by atoms with Gasteiger partial charge in [0.1, 0.15) is 0 Å². The number of hydrogen-bond donors (Lipinski definition) is 1. The second-order valence-electron chi connectivity index (χ2n) is 2.36. The van der Waals surface area contributed by atoms with Gasteiger partial charge in [0, 0.05) is 6.61 Å². The van der Waals surface area contributed by atoms with Crippen LogP contribution in [-0.4, -0.2) is 36.5 Å². The van der Waals surface area contributed by atoms with E-state index in [9.17, 15) is 22.0 Å². The molecule has 1 unspecified atom stereocenters. The van der Waals surface area contributed by atoms with Gasteiger partial charge < -0.3 is 9.84 Å². The molecule has 0 aliphatic rings. The van der Waals surface area contributed by atoms with Crippen molar-refractivity contribution in [3.8, 4) is 0 Å². The van der Waals surface area contributed by atoms with Gasteiger partial charge in [-0.15, -0.1) is 0 Å². The molecule has 13 heavy (non-hydrogen) atoms. The SMILES string of the molecule is CCOCC(O)(C(F)F)C(F)(F)F. The third-order valence-electron chi connectivity index (χ3n) is 1.38. The Balaban J connectivity index is 4.54. The van der Waals surface area contributed by atoms with Crippen molar-refractivity contribution in [2.45, 2.75) is 25.1 Å². The van der Waals surface area contributed by atoms with Crippen LogP contribution in [0.4, 0.5) is 22.0 Å². The molecule has 0 aromatic rings. The van der Waals surface area contributed by atoms with Gasteiger partial charge in [-0.3, -0.25) is 0 Å². The highest BCUT2D eigenvalue weighted by Crippen LogP contribution is 2.35. The van der Waals surface area contributed by atoms with Crippen molar-refractivity contribution in [1.29, 1.82) is 0 Å². The van der Waals surface area contributed by atoms with Gasteiger partial charge in [-0.25, -0.2) is 8.78 Å². The Bertz CT molecular complexity index is 158. The molecule has 0 aromatic heterocycles. The Kier molecular flexibility index (Phi) is 4.05. The van der Waals surface area contributed by atoms with E-state index in [4.69, 9.17) is 5.11 Å². The number of alkyl halides is 5. The van der Waals surface area contributed by atoms with Crippen molar-refractivity contribution in [3.05, 3.63) is 0 Å². The summed E-state index contributed by atoms with van der Waals surface area (Å²) in [5.41, 5.74) is -4.07. The first kappa shape index (κ1) is 12.6. The molecule has 0 fully saturated rings. The first-order valence-electron chi connectivity index (χ1n) is 3.40. The molecule has 0 rings (SSSR count). The van der Waals surface area contributed by atoms with Crippen LogP contribution >= 0.6 is 0 Å². The van der Waals surface area contributed by atoms with E-state index in [0.717, 1.165) is 0 Å². The van der Waals surface area contributed by atoms with Gasteiger partial charge in [-0.2, -0.15) is 13.2 Å². The van der Waals surface area contributed by atoms with E-state index >= 15 is 0 Å². The Morgan fingerprint density at radius 1 is 1.31 bits per heavy atom. The summed E-state index contributed by atoms with van der Waals surface area (Å²) in [6.45, 7) is -0.294. The molecular weight excluding hydrogens is 199 g/mol. The molecule has 7 heteroatoms. The molecule has 0 saturated carbocycles. The number of rotatable bonds is 4. The van der Waals surface area contributed by atoms with Crippen LogP contribution in [0.2, 0.25) is 0 Å². The van der Waals surface area contributed by atoms with Crippen LogP contribution in [0.1, 0.15) is 6.92 Å². The molecule has 0 aliphatic carbocycles. The van der Waals surface area contributed by atoms with E-state index in [1.165, 1.54) is 6.92 Å². The van der Waals surface area contributed by atoms with E-state index in [0.29, 0.717) is 0 Å². The van der Waals surface area contributed by atoms with Crippen molar-refractivity contribution < 1.29 is 31.8 Å². The summed E-state index contributed by atoms with van der Waals surface area (Å²) in [6.07, 6.45) is -9.31. The minimum atomic E-state index is -5.39. The van der Waals surface area contributed by atoms with E-state index in [1.54, 1.807) is 0 Å². The highest BCUT2D eigenvalue weighted by Gasteiger charge is 2.60. The van der Waals surface area contributed by atoms with Crippen LogP contribution in [0.25, 0.3) is 0 Å². The Hall–Kier alpha value is -0.430. The molecule has 1 N–H and O–H groups in total. The summed E-state index contributed by atoms with van der Waals surface area (Å²) in [5, 5.41) is 8.56. The summed E-state index contributed by atoms with van der Waals surface area (Å²) < 4.78 is 63.4. The van der Waals surface area contributed by atoms with Crippen LogP contribution in [0, 0.1) is 0 Å². The maximum absolute atomic E-state index is 11.9. The third kappa shape index (κ3) is 2.77. The predicted octanol–water partition coefficient (Wildman–Crippen LogP) is 1.58. The quantitative estimate of drug-likeness (QED) is 0.711. The minimum absolute atomic E-state index is 0.175. The highest BCUT2D eigenvalue weighted by atomic mass is 19.4. The zero-order valence-corrected chi connectivity index (χ0v) is 6.74. The van der Waals surface area contributed by atoms with Gasteiger partial charge in [0.2, 0.25) is 5.60 Å². The number of halogens is 5. The second kappa shape index (κ2) is 4.19. The lowest BCUT2D eigenvalue weighted by atomic mass is 10.1. The molecule has 80 valence electrons. The van der Waals surface area contributed by atoms with E-state index < -0.39 is 24.8 Å². The summed E-state index contributed by atoms with van der Waals surface area (Å²) in [6, 6.07) is 0. The van der Waals surface area contributed by atoms with Gasteiger partial charge in [0.25, 0.3) is 6.43 Å². The second-order valence-corrected chi connectivity index (χ2v) is 2.36. The first-order chi connectivity index (χ1) is 5.75. The molecule has 0 heterocycles. The van der Waals surface area contributed by atoms with Crippen LogP contribution in [-0.2, 0) is 4.74 Å². The fraction of sp³-hybridized carbons (Fsp3) is 1.00. The van der Waals surface area contributed by atoms with Gasteiger partial charge in [0.15, 0.2) is 0 Å². The van der Waals surface area contributed by atoms with Crippen LogP contribution in [0.3, 0.4) is 0 Å². The molecular formula is C6H9F5O2. The minimum Gasteiger partial charge on any atom is -0.378 e. The molecule has 2 nitrogen and oxygen atoms in total. The molecule has 0 amide bonds. The maximum Gasteiger partial charge on any atom is 0.425 e. The van der Waals surface area contributed by atoms with E-state index in [-0.39, 0.29) is 6.61 Å². The maximum atomic E-state index is 11.9.